The van der Waals surface area contributed by atoms with Crippen LogP contribution in [0.1, 0.15) is 22.5 Å². The second kappa shape index (κ2) is 12.1. The van der Waals surface area contributed by atoms with E-state index in [1.807, 2.05) is 21.0 Å². The average Bonchev–Trinajstić information content (AvgIpc) is 3.28. The Morgan fingerprint density at radius 2 is 2.18 bits per heavy atom. The summed E-state index contributed by atoms with van der Waals surface area (Å²) in [6, 6.07) is 3.18. The standard InChI is InChI=1S/C21H29ClN7O4P/c1-12-11-24-20(22)27-16(12)25-14-8-7-13(33-14)17(30)26-15-18(31-4)28-21(34-19(15)32-5)23-9-6-10-29(2)3/h7-8,11,19,34H,6,9-10H2,1-5H3,(H,23,28)(H,26,30)(H,24,25,27). The first-order chi connectivity index (χ1) is 16.3. The molecule has 0 aliphatic carbocycles. The van der Waals surface area contributed by atoms with E-state index >= 15 is 0 Å². The van der Waals surface area contributed by atoms with Crippen molar-refractivity contribution in [1.82, 2.24) is 25.5 Å². The van der Waals surface area contributed by atoms with Crippen molar-refractivity contribution in [2.24, 2.45) is 4.99 Å². The Kier molecular flexibility index (Phi) is 9.23. The zero-order valence-corrected chi connectivity index (χ0v) is 21.5. The molecule has 1 amide bonds. The number of methoxy groups -OCH3 is 2. The fourth-order valence-electron chi connectivity index (χ4n) is 3.02. The van der Waals surface area contributed by atoms with Crippen molar-refractivity contribution in [1.29, 1.82) is 0 Å². The molecule has 3 rings (SSSR count). The molecule has 3 heterocycles. The van der Waals surface area contributed by atoms with Crippen molar-refractivity contribution in [2.75, 3.05) is 46.7 Å². The highest BCUT2D eigenvalue weighted by Gasteiger charge is 2.30. The number of carbonyl (C=O) groups is 1. The molecule has 0 aromatic carbocycles. The lowest BCUT2D eigenvalue weighted by atomic mass is 10.3. The van der Waals surface area contributed by atoms with Gasteiger partial charge in [-0.1, -0.05) is 0 Å². The van der Waals surface area contributed by atoms with Gasteiger partial charge in [-0.15, -0.1) is 0 Å². The number of furan rings is 1. The first-order valence-electron chi connectivity index (χ1n) is 10.5. The van der Waals surface area contributed by atoms with Crippen molar-refractivity contribution in [3.8, 4) is 0 Å². The SMILES string of the molecule is COC1=C(NC(=O)c2ccc(Nc3nc(Cl)ncc3C)o2)C(OC)PC(=NCCCN(C)C)N1. The summed E-state index contributed by atoms with van der Waals surface area (Å²) in [5.74, 6) is 0.440. The third kappa shape index (κ3) is 6.89. The van der Waals surface area contributed by atoms with Crippen LogP contribution in [0.25, 0.3) is 0 Å². The predicted octanol–water partition coefficient (Wildman–Crippen LogP) is 2.88. The number of ether oxygens (including phenoxy) is 2. The van der Waals surface area contributed by atoms with Crippen LogP contribution in [-0.4, -0.2) is 73.6 Å². The Balaban J connectivity index is 1.70. The molecule has 0 fully saturated rings. The molecule has 0 bridgehead atoms. The van der Waals surface area contributed by atoms with E-state index in [0.29, 0.717) is 29.8 Å². The van der Waals surface area contributed by atoms with Gasteiger partial charge in [0.2, 0.25) is 11.2 Å². The summed E-state index contributed by atoms with van der Waals surface area (Å²) in [7, 11) is 7.33. The molecule has 1 aliphatic heterocycles. The molecule has 34 heavy (non-hydrogen) atoms. The van der Waals surface area contributed by atoms with Gasteiger partial charge in [0, 0.05) is 31.5 Å². The molecule has 2 aromatic rings. The average molecular weight is 510 g/mol. The fraction of sp³-hybridized carbons (Fsp3) is 0.429. The van der Waals surface area contributed by atoms with Gasteiger partial charge in [0.15, 0.2) is 11.6 Å². The highest BCUT2D eigenvalue weighted by atomic mass is 35.5. The monoisotopic (exact) mass is 509 g/mol. The maximum atomic E-state index is 12.9. The number of nitrogens with one attached hydrogen (secondary N) is 3. The van der Waals surface area contributed by atoms with Gasteiger partial charge < -0.3 is 34.7 Å². The van der Waals surface area contributed by atoms with Gasteiger partial charge in [-0.3, -0.25) is 9.79 Å². The maximum Gasteiger partial charge on any atom is 0.291 e. The van der Waals surface area contributed by atoms with E-state index in [4.69, 9.17) is 25.5 Å². The van der Waals surface area contributed by atoms with E-state index in [9.17, 15) is 4.79 Å². The van der Waals surface area contributed by atoms with Crippen LogP contribution in [-0.2, 0) is 9.47 Å². The molecule has 1 aliphatic rings. The van der Waals surface area contributed by atoms with Gasteiger partial charge in [-0.05, 0) is 60.2 Å². The van der Waals surface area contributed by atoms with Crippen LogP contribution in [0.3, 0.4) is 0 Å². The van der Waals surface area contributed by atoms with Crippen molar-refractivity contribution in [3.05, 3.63) is 46.5 Å². The summed E-state index contributed by atoms with van der Waals surface area (Å²) >= 11 is 5.86. The Morgan fingerprint density at radius 1 is 1.38 bits per heavy atom. The number of aromatic nitrogens is 2. The second-order valence-corrected chi connectivity index (χ2v) is 9.26. The third-order valence-electron chi connectivity index (χ3n) is 4.74. The molecule has 3 N–H and O–H groups in total. The van der Waals surface area contributed by atoms with Crippen LogP contribution in [0.4, 0.5) is 11.7 Å². The van der Waals surface area contributed by atoms with E-state index < -0.39 is 11.8 Å². The molecule has 184 valence electrons. The lowest BCUT2D eigenvalue weighted by molar-refractivity contribution is 0.0916. The van der Waals surface area contributed by atoms with E-state index in [-0.39, 0.29) is 19.6 Å². The summed E-state index contributed by atoms with van der Waals surface area (Å²) in [6.45, 7) is 3.46. The number of carbonyl (C=O) groups excluding carboxylic acids is 1. The number of anilines is 2. The van der Waals surface area contributed by atoms with Crippen molar-refractivity contribution < 1.29 is 18.7 Å². The molecule has 0 saturated heterocycles. The number of aryl methyl sites for hydroxylation is 1. The molecule has 2 atom stereocenters. The summed E-state index contributed by atoms with van der Waals surface area (Å²) in [6.07, 6.45) is 2.53. The largest absolute Gasteiger partial charge is 0.481 e. The molecule has 0 spiro atoms. The van der Waals surface area contributed by atoms with Gasteiger partial charge >= 0.3 is 0 Å². The van der Waals surface area contributed by atoms with E-state index in [0.717, 1.165) is 24.1 Å². The number of amides is 1. The third-order valence-corrected chi connectivity index (χ3v) is 6.27. The van der Waals surface area contributed by atoms with Gasteiger partial charge in [-0.25, -0.2) is 9.97 Å². The van der Waals surface area contributed by atoms with Gasteiger partial charge in [-0.2, -0.15) is 0 Å². The smallest absolute Gasteiger partial charge is 0.291 e. The molecular weight excluding hydrogens is 481 g/mol. The quantitative estimate of drug-likeness (QED) is 0.252. The number of hydrogen-bond donors (Lipinski definition) is 3. The number of aliphatic imine (C=N–C) groups is 1. The minimum atomic E-state index is -0.449. The molecule has 11 nitrogen and oxygen atoms in total. The molecule has 13 heteroatoms. The highest BCUT2D eigenvalue weighted by molar-refractivity contribution is 7.59. The summed E-state index contributed by atoms with van der Waals surface area (Å²) in [4.78, 5) is 27.7. The van der Waals surface area contributed by atoms with Crippen LogP contribution in [0, 0.1) is 6.92 Å². The van der Waals surface area contributed by atoms with Gasteiger partial charge in [0.1, 0.15) is 22.9 Å². The molecular formula is C21H29ClN7O4P. The topological polar surface area (TPSA) is 126 Å². The van der Waals surface area contributed by atoms with E-state index in [2.05, 4.69) is 35.8 Å². The zero-order valence-electron chi connectivity index (χ0n) is 19.7. The summed E-state index contributed by atoms with van der Waals surface area (Å²) in [5.41, 5.74) is 2.02. The summed E-state index contributed by atoms with van der Waals surface area (Å²) < 4.78 is 16.7. The Hall–Kier alpha value is -2.72. The zero-order chi connectivity index (χ0) is 24.7. The minimum Gasteiger partial charge on any atom is -0.481 e. The molecule has 0 saturated carbocycles. The van der Waals surface area contributed by atoms with Crippen molar-refractivity contribution in [2.45, 2.75) is 19.2 Å². The maximum absolute atomic E-state index is 12.9. The van der Waals surface area contributed by atoms with Crippen LogP contribution in [0.15, 0.2) is 39.3 Å². The van der Waals surface area contributed by atoms with Crippen molar-refractivity contribution >= 4 is 43.4 Å². The lowest BCUT2D eigenvalue weighted by Gasteiger charge is -2.28. The Labute approximate surface area is 205 Å². The second-order valence-electron chi connectivity index (χ2n) is 7.63. The minimum absolute atomic E-state index is 0.101. The van der Waals surface area contributed by atoms with Gasteiger partial charge in [0.25, 0.3) is 5.91 Å². The molecule has 2 unspecified atom stereocenters. The predicted molar refractivity (Wildman–Crippen MR) is 133 cm³/mol. The number of nitrogens with zero attached hydrogens (tertiary/aromatic N) is 4. The first kappa shape index (κ1) is 25.9. The first-order valence-corrected chi connectivity index (χ1v) is 12.0. The lowest BCUT2D eigenvalue weighted by Crippen LogP contribution is -2.39. The normalized spacial score (nSPS) is 17.9. The summed E-state index contributed by atoms with van der Waals surface area (Å²) in [5, 5.41) is 9.10. The van der Waals surface area contributed by atoms with Crippen LogP contribution in [0.5, 0.6) is 0 Å². The number of hydrogen-bond acceptors (Lipinski definition) is 9. The molecule has 0 radical (unpaired) electrons. The van der Waals surface area contributed by atoms with E-state index in [1.165, 1.54) is 7.11 Å². The Morgan fingerprint density at radius 3 is 2.88 bits per heavy atom. The fourth-order valence-corrected chi connectivity index (χ4v) is 4.26. The Bertz CT molecular complexity index is 1070. The number of rotatable bonds is 10. The van der Waals surface area contributed by atoms with Crippen LogP contribution in [0.2, 0.25) is 5.28 Å². The van der Waals surface area contributed by atoms with Gasteiger partial charge in [0.05, 0.1) is 7.11 Å². The van der Waals surface area contributed by atoms with Crippen molar-refractivity contribution in [3.63, 3.8) is 0 Å². The number of halogens is 1. The molecule has 2 aromatic heterocycles. The van der Waals surface area contributed by atoms with Crippen LogP contribution >= 0.6 is 20.2 Å². The van der Waals surface area contributed by atoms with E-state index in [1.54, 1.807) is 25.4 Å². The van der Waals surface area contributed by atoms with Crippen LogP contribution < -0.4 is 16.0 Å². The highest BCUT2D eigenvalue weighted by Crippen LogP contribution is 2.32. The number of amidine groups is 1.